The lowest BCUT2D eigenvalue weighted by molar-refractivity contribution is -0.121. The second-order valence-corrected chi connectivity index (χ2v) is 7.89. The predicted molar refractivity (Wildman–Crippen MR) is 130 cm³/mol. The molecule has 0 fully saturated rings. The van der Waals surface area contributed by atoms with Gasteiger partial charge in [0.25, 0.3) is 5.91 Å². The standard InChI is InChI=1S/C27H22N4O4/c32-25(13-6-14-26-28-17-24(35-26)18-8-2-1-3-9-18)30-31-27(33)20-16-22(23-12-7-15-34-23)29-21-11-5-4-10-19(20)21/h1-5,7-12,15-17H,6,13-14H2,(H,30,32)(H,31,33). The van der Waals surface area contributed by atoms with Crippen LogP contribution < -0.4 is 10.9 Å². The largest absolute Gasteiger partial charge is 0.463 e. The fraction of sp³-hybridized carbons (Fsp3) is 0.111. The molecule has 0 aliphatic heterocycles. The molecule has 0 saturated carbocycles. The van der Waals surface area contributed by atoms with Crippen LogP contribution >= 0.6 is 0 Å². The van der Waals surface area contributed by atoms with Crippen molar-refractivity contribution in [2.24, 2.45) is 0 Å². The molecular formula is C27H22N4O4. The first-order chi connectivity index (χ1) is 17.2. The van der Waals surface area contributed by atoms with Gasteiger partial charge in [0.05, 0.1) is 23.5 Å². The summed E-state index contributed by atoms with van der Waals surface area (Å²) in [5, 5.41) is 0.674. The zero-order valence-corrected chi connectivity index (χ0v) is 18.7. The van der Waals surface area contributed by atoms with Crippen LogP contribution in [0.3, 0.4) is 0 Å². The van der Waals surface area contributed by atoms with Crippen LogP contribution in [-0.4, -0.2) is 21.8 Å². The quantitative estimate of drug-likeness (QED) is 0.329. The van der Waals surface area contributed by atoms with Crippen molar-refractivity contribution < 1.29 is 18.4 Å². The minimum Gasteiger partial charge on any atom is -0.463 e. The number of carbonyl (C=O) groups excluding carboxylic acids is 2. The Morgan fingerprint density at radius 1 is 0.886 bits per heavy atom. The maximum absolute atomic E-state index is 12.9. The normalized spacial score (nSPS) is 10.9. The molecule has 8 heteroatoms. The Labute approximate surface area is 201 Å². The number of fused-ring (bicyclic) bond motifs is 1. The first-order valence-electron chi connectivity index (χ1n) is 11.2. The average molecular weight is 466 g/mol. The fourth-order valence-corrected chi connectivity index (χ4v) is 3.73. The second-order valence-electron chi connectivity index (χ2n) is 7.89. The van der Waals surface area contributed by atoms with E-state index >= 15 is 0 Å². The predicted octanol–water partition coefficient (Wildman–Crippen LogP) is 4.93. The third-order valence-electron chi connectivity index (χ3n) is 5.46. The van der Waals surface area contributed by atoms with Crippen molar-refractivity contribution in [1.82, 2.24) is 20.8 Å². The van der Waals surface area contributed by atoms with Crippen LogP contribution in [0.2, 0.25) is 0 Å². The monoisotopic (exact) mass is 466 g/mol. The van der Waals surface area contributed by atoms with E-state index in [1.807, 2.05) is 54.6 Å². The number of carbonyl (C=O) groups is 2. The maximum atomic E-state index is 12.9. The average Bonchev–Trinajstić information content (AvgIpc) is 3.60. The van der Waals surface area contributed by atoms with Crippen LogP contribution in [0.25, 0.3) is 33.7 Å². The van der Waals surface area contributed by atoms with Gasteiger partial charge in [0.15, 0.2) is 17.4 Å². The number of aryl methyl sites for hydroxylation is 1. The summed E-state index contributed by atoms with van der Waals surface area (Å²) in [4.78, 5) is 34.1. The summed E-state index contributed by atoms with van der Waals surface area (Å²) in [5.74, 6) is 1.06. The number of aromatic nitrogens is 2. The summed E-state index contributed by atoms with van der Waals surface area (Å²) in [5.41, 5.74) is 7.50. The Bertz CT molecular complexity index is 1460. The summed E-state index contributed by atoms with van der Waals surface area (Å²) >= 11 is 0. The molecule has 0 aliphatic rings. The van der Waals surface area contributed by atoms with Crippen LogP contribution in [0.4, 0.5) is 0 Å². The highest BCUT2D eigenvalue weighted by molar-refractivity contribution is 6.07. The SMILES string of the molecule is O=C(CCCc1ncc(-c2ccccc2)o1)NNC(=O)c1cc(-c2ccco2)nc2ccccc12. The molecule has 2 amide bonds. The van der Waals surface area contributed by atoms with Crippen molar-refractivity contribution in [2.75, 3.05) is 0 Å². The van der Waals surface area contributed by atoms with Crippen LogP contribution in [-0.2, 0) is 11.2 Å². The molecule has 0 spiro atoms. The number of hydrogen-bond donors (Lipinski definition) is 2. The van der Waals surface area contributed by atoms with Gasteiger partial charge in [-0.15, -0.1) is 0 Å². The highest BCUT2D eigenvalue weighted by Crippen LogP contribution is 2.25. The number of amides is 2. The van der Waals surface area contributed by atoms with Gasteiger partial charge in [-0.25, -0.2) is 9.97 Å². The van der Waals surface area contributed by atoms with Crippen molar-refractivity contribution in [3.05, 3.63) is 96.7 Å². The van der Waals surface area contributed by atoms with Crippen molar-refractivity contribution in [3.8, 4) is 22.8 Å². The highest BCUT2D eigenvalue weighted by atomic mass is 16.4. The van der Waals surface area contributed by atoms with Crippen molar-refractivity contribution in [1.29, 1.82) is 0 Å². The Morgan fingerprint density at radius 2 is 1.71 bits per heavy atom. The minimum atomic E-state index is -0.440. The molecular weight excluding hydrogens is 444 g/mol. The lowest BCUT2D eigenvalue weighted by Crippen LogP contribution is -2.41. The van der Waals surface area contributed by atoms with Crippen LogP contribution in [0.5, 0.6) is 0 Å². The fourth-order valence-electron chi connectivity index (χ4n) is 3.73. The molecule has 8 nitrogen and oxygen atoms in total. The van der Waals surface area contributed by atoms with Gasteiger partial charge in [0.2, 0.25) is 5.91 Å². The summed E-state index contributed by atoms with van der Waals surface area (Å²) < 4.78 is 11.2. The van der Waals surface area contributed by atoms with Gasteiger partial charge in [0.1, 0.15) is 5.69 Å². The number of pyridine rings is 1. The first kappa shape index (κ1) is 22.1. The smallest absolute Gasteiger partial charge is 0.270 e. The van der Waals surface area contributed by atoms with Crippen LogP contribution in [0, 0.1) is 0 Å². The van der Waals surface area contributed by atoms with Gasteiger partial charge in [-0.3, -0.25) is 20.4 Å². The number of para-hydroxylation sites is 1. The lowest BCUT2D eigenvalue weighted by atomic mass is 10.1. The highest BCUT2D eigenvalue weighted by Gasteiger charge is 2.16. The van der Waals surface area contributed by atoms with E-state index in [1.165, 1.54) is 0 Å². The number of hydrogen-bond acceptors (Lipinski definition) is 6. The number of benzene rings is 2. The molecule has 0 saturated heterocycles. The second kappa shape index (κ2) is 10.0. The third-order valence-corrected chi connectivity index (χ3v) is 5.46. The number of furan rings is 1. The van der Waals surface area contributed by atoms with E-state index in [0.717, 1.165) is 5.56 Å². The van der Waals surface area contributed by atoms with E-state index in [4.69, 9.17) is 8.83 Å². The van der Waals surface area contributed by atoms with Crippen molar-refractivity contribution in [2.45, 2.75) is 19.3 Å². The number of oxazole rings is 1. The molecule has 0 bridgehead atoms. The molecule has 2 N–H and O–H groups in total. The maximum Gasteiger partial charge on any atom is 0.270 e. The zero-order valence-electron chi connectivity index (χ0n) is 18.7. The molecule has 0 unspecified atom stereocenters. The molecule has 3 heterocycles. The molecule has 2 aromatic carbocycles. The van der Waals surface area contributed by atoms with Crippen molar-refractivity contribution in [3.63, 3.8) is 0 Å². The number of nitrogens with zero attached hydrogens (tertiary/aromatic N) is 2. The molecule has 174 valence electrons. The van der Waals surface area contributed by atoms with E-state index in [2.05, 4.69) is 20.8 Å². The van der Waals surface area contributed by atoms with Gasteiger partial charge in [0, 0.05) is 23.8 Å². The topological polar surface area (TPSA) is 110 Å². The van der Waals surface area contributed by atoms with Gasteiger partial charge in [-0.2, -0.15) is 0 Å². The Kier molecular flexibility index (Phi) is 6.34. The Balaban J connectivity index is 1.18. The van der Waals surface area contributed by atoms with Crippen molar-refractivity contribution >= 4 is 22.7 Å². The molecule has 3 aromatic heterocycles. The van der Waals surface area contributed by atoms with Gasteiger partial charge in [-0.05, 0) is 30.7 Å². The van der Waals surface area contributed by atoms with Crippen LogP contribution in [0.1, 0.15) is 29.1 Å². The third kappa shape index (κ3) is 5.11. The van der Waals surface area contributed by atoms with Gasteiger partial charge >= 0.3 is 0 Å². The number of rotatable bonds is 7. The molecule has 35 heavy (non-hydrogen) atoms. The molecule has 5 aromatic rings. The molecule has 0 atom stereocenters. The van der Waals surface area contributed by atoms with E-state index < -0.39 is 5.91 Å². The van der Waals surface area contributed by atoms with E-state index in [0.29, 0.717) is 52.4 Å². The van der Waals surface area contributed by atoms with Gasteiger partial charge in [-0.1, -0.05) is 48.5 Å². The molecule has 5 rings (SSSR count). The molecule has 0 radical (unpaired) electrons. The summed E-state index contributed by atoms with van der Waals surface area (Å²) in [6, 6.07) is 22.2. The van der Waals surface area contributed by atoms with Gasteiger partial charge < -0.3 is 8.83 Å². The number of hydrazine groups is 1. The van der Waals surface area contributed by atoms with Crippen LogP contribution in [0.15, 0.2) is 94.1 Å². The Hall–Kier alpha value is -4.72. The minimum absolute atomic E-state index is 0.206. The molecule has 0 aliphatic carbocycles. The number of nitrogens with one attached hydrogen (secondary N) is 2. The summed E-state index contributed by atoms with van der Waals surface area (Å²) in [6.45, 7) is 0. The van der Waals surface area contributed by atoms with E-state index in [9.17, 15) is 9.59 Å². The first-order valence-corrected chi connectivity index (χ1v) is 11.2. The Morgan fingerprint density at radius 3 is 2.54 bits per heavy atom. The summed E-state index contributed by atoms with van der Waals surface area (Å²) in [7, 11) is 0. The van der Waals surface area contributed by atoms with E-state index in [1.54, 1.807) is 30.7 Å². The zero-order chi connectivity index (χ0) is 24.0. The summed E-state index contributed by atoms with van der Waals surface area (Å²) in [6.07, 6.45) is 4.47. The lowest BCUT2D eigenvalue weighted by Gasteiger charge is -2.10. The van der Waals surface area contributed by atoms with E-state index in [-0.39, 0.29) is 12.3 Å².